The van der Waals surface area contributed by atoms with E-state index in [2.05, 4.69) is 16.5 Å². The first kappa shape index (κ1) is 9.27. The van der Waals surface area contributed by atoms with Gasteiger partial charge in [0.2, 0.25) is 0 Å². The van der Waals surface area contributed by atoms with Crippen LogP contribution in [0, 0.1) is 0 Å². The highest BCUT2D eigenvalue weighted by Crippen LogP contribution is 2.43. The van der Waals surface area contributed by atoms with Gasteiger partial charge in [-0.3, -0.25) is 0 Å². The molecule has 1 fully saturated rings. The highest BCUT2D eigenvalue weighted by Gasteiger charge is 2.26. The van der Waals surface area contributed by atoms with Crippen molar-refractivity contribution >= 4 is 21.6 Å². The quantitative estimate of drug-likeness (QED) is 0.782. The number of fused-ring (bicyclic) bond motifs is 1. The molecule has 1 aliphatic rings. The van der Waals surface area contributed by atoms with Gasteiger partial charge in [-0.05, 0) is 30.5 Å². The zero-order valence-electron chi connectivity index (χ0n) is 8.23. The molecule has 1 saturated carbocycles. The van der Waals surface area contributed by atoms with E-state index < -0.39 is 0 Å². The predicted octanol–water partition coefficient (Wildman–Crippen LogP) is 2.65. The van der Waals surface area contributed by atoms with E-state index in [1.54, 1.807) is 11.3 Å². The number of rotatable bonds is 3. The average molecular weight is 220 g/mol. The second-order valence-corrected chi connectivity index (χ2v) is 5.03. The van der Waals surface area contributed by atoms with Crippen molar-refractivity contribution in [3.63, 3.8) is 0 Å². The fourth-order valence-electron chi connectivity index (χ4n) is 1.70. The third-order valence-corrected chi connectivity index (χ3v) is 3.88. The van der Waals surface area contributed by atoms with Gasteiger partial charge in [0, 0.05) is 12.5 Å². The van der Waals surface area contributed by atoms with Crippen molar-refractivity contribution in [2.75, 3.05) is 0 Å². The summed E-state index contributed by atoms with van der Waals surface area (Å²) < 4.78 is 1.25. The Labute approximate surface area is 91.7 Å². The standard InChI is InChI=1S/C11H12N2OS/c14-12-6-7-1-4-10-9(5-7)13-11(15-10)8-2-3-8/h1,4-5,8,12,14H,2-3,6H2. The average Bonchev–Trinajstić information content (AvgIpc) is 2.99. The summed E-state index contributed by atoms with van der Waals surface area (Å²) >= 11 is 1.80. The van der Waals surface area contributed by atoms with Gasteiger partial charge in [0.25, 0.3) is 0 Å². The van der Waals surface area contributed by atoms with E-state index in [1.165, 1.54) is 22.5 Å². The first-order valence-corrected chi connectivity index (χ1v) is 5.95. The SMILES string of the molecule is ONCc1ccc2sc(C3CC3)nc2c1. The maximum Gasteiger partial charge on any atom is 0.0969 e. The predicted molar refractivity (Wildman–Crippen MR) is 60.2 cm³/mol. The lowest BCUT2D eigenvalue weighted by Gasteiger charge is -1.97. The molecule has 15 heavy (non-hydrogen) atoms. The molecular formula is C11H12N2OS. The number of hydrogen-bond donors (Lipinski definition) is 2. The summed E-state index contributed by atoms with van der Waals surface area (Å²) in [5, 5.41) is 9.90. The first-order chi connectivity index (χ1) is 7.36. The van der Waals surface area contributed by atoms with Crippen molar-refractivity contribution in [3.05, 3.63) is 28.8 Å². The summed E-state index contributed by atoms with van der Waals surface area (Å²) in [6, 6.07) is 6.16. The maximum absolute atomic E-state index is 8.63. The molecule has 1 aliphatic carbocycles. The Morgan fingerprint density at radius 3 is 3.07 bits per heavy atom. The molecule has 4 heteroatoms. The molecule has 0 amide bonds. The lowest BCUT2D eigenvalue weighted by molar-refractivity contribution is 0.161. The molecule has 2 aromatic rings. The number of aromatic nitrogens is 1. The van der Waals surface area contributed by atoms with E-state index in [1.807, 2.05) is 12.1 Å². The zero-order chi connectivity index (χ0) is 10.3. The Morgan fingerprint density at radius 1 is 1.47 bits per heavy atom. The first-order valence-electron chi connectivity index (χ1n) is 5.13. The lowest BCUT2D eigenvalue weighted by Crippen LogP contribution is -2.05. The molecule has 78 valence electrons. The molecule has 0 unspecified atom stereocenters. The van der Waals surface area contributed by atoms with Crippen LogP contribution in [0.2, 0.25) is 0 Å². The minimum atomic E-state index is 0.478. The Morgan fingerprint density at radius 2 is 2.33 bits per heavy atom. The van der Waals surface area contributed by atoms with Crippen molar-refractivity contribution in [3.8, 4) is 0 Å². The van der Waals surface area contributed by atoms with Crippen LogP contribution in [-0.2, 0) is 6.54 Å². The van der Waals surface area contributed by atoms with Gasteiger partial charge in [-0.25, -0.2) is 10.5 Å². The van der Waals surface area contributed by atoms with Gasteiger partial charge in [-0.15, -0.1) is 11.3 Å². The lowest BCUT2D eigenvalue weighted by atomic mass is 10.2. The van der Waals surface area contributed by atoms with Crippen LogP contribution in [0.15, 0.2) is 18.2 Å². The summed E-state index contributed by atoms with van der Waals surface area (Å²) in [6.07, 6.45) is 2.59. The number of benzene rings is 1. The normalized spacial score (nSPS) is 16.1. The van der Waals surface area contributed by atoms with Crippen molar-refractivity contribution in [2.45, 2.75) is 25.3 Å². The van der Waals surface area contributed by atoms with Gasteiger partial charge in [0.15, 0.2) is 0 Å². The van der Waals surface area contributed by atoms with E-state index in [9.17, 15) is 0 Å². The molecule has 0 atom stereocenters. The highest BCUT2D eigenvalue weighted by atomic mass is 32.1. The molecule has 0 radical (unpaired) electrons. The van der Waals surface area contributed by atoms with Crippen LogP contribution in [0.3, 0.4) is 0 Å². The fourth-order valence-corrected chi connectivity index (χ4v) is 2.81. The number of hydrogen-bond acceptors (Lipinski definition) is 4. The molecule has 0 saturated heterocycles. The van der Waals surface area contributed by atoms with Crippen LogP contribution in [-0.4, -0.2) is 10.2 Å². The van der Waals surface area contributed by atoms with Crippen LogP contribution < -0.4 is 5.48 Å². The van der Waals surface area contributed by atoms with Crippen molar-refractivity contribution in [2.24, 2.45) is 0 Å². The smallest absolute Gasteiger partial charge is 0.0969 e. The van der Waals surface area contributed by atoms with Crippen LogP contribution in [0.25, 0.3) is 10.2 Å². The van der Waals surface area contributed by atoms with Gasteiger partial charge in [-0.2, -0.15) is 0 Å². The molecule has 0 aliphatic heterocycles. The van der Waals surface area contributed by atoms with Gasteiger partial charge >= 0.3 is 0 Å². The van der Waals surface area contributed by atoms with Crippen LogP contribution in [0.4, 0.5) is 0 Å². The van der Waals surface area contributed by atoms with E-state index in [-0.39, 0.29) is 0 Å². The van der Waals surface area contributed by atoms with E-state index >= 15 is 0 Å². The fraction of sp³-hybridized carbons (Fsp3) is 0.364. The minimum absolute atomic E-state index is 0.478. The zero-order valence-corrected chi connectivity index (χ0v) is 9.05. The van der Waals surface area contributed by atoms with Gasteiger partial charge in [0.1, 0.15) is 0 Å². The summed E-state index contributed by atoms with van der Waals surface area (Å²) in [7, 11) is 0. The van der Waals surface area contributed by atoms with Crippen molar-refractivity contribution < 1.29 is 5.21 Å². The molecule has 2 N–H and O–H groups in total. The Hall–Kier alpha value is -0.970. The molecule has 1 aromatic heterocycles. The molecule has 1 aromatic carbocycles. The van der Waals surface area contributed by atoms with Crippen molar-refractivity contribution in [1.29, 1.82) is 0 Å². The maximum atomic E-state index is 8.63. The number of nitrogens with zero attached hydrogens (tertiary/aromatic N) is 1. The summed E-state index contributed by atoms with van der Waals surface area (Å²) in [6.45, 7) is 0.478. The van der Waals surface area contributed by atoms with Gasteiger partial charge < -0.3 is 5.21 Å². The number of nitrogens with one attached hydrogen (secondary N) is 1. The Balaban J connectivity index is 2.02. The Kier molecular flexibility index (Phi) is 2.20. The second-order valence-electron chi connectivity index (χ2n) is 3.96. The minimum Gasteiger partial charge on any atom is -0.316 e. The van der Waals surface area contributed by atoms with Crippen LogP contribution in [0.1, 0.15) is 29.3 Å². The van der Waals surface area contributed by atoms with E-state index in [4.69, 9.17) is 5.21 Å². The topological polar surface area (TPSA) is 45.1 Å². The summed E-state index contributed by atoms with van der Waals surface area (Å²) in [5.41, 5.74) is 4.30. The Bertz CT molecular complexity index is 490. The van der Waals surface area contributed by atoms with Crippen molar-refractivity contribution in [1.82, 2.24) is 10.5 Å². The molecular weight excluding hydrogens is 208 g/mol. The van der Waals surface area contributed by atoms with Crippen LogP contribution in [0.5, 0.6) is 0 Å². The van der Waals surface area contributed by atoms with Crippen LogP contribution >= 0.6 is 11.3 Å². The van der Waals surface area contributed by atoms with Gasteiger partial charge in [-0.1, -0.05) is 6.07 Å². The van der Waals surface area contributed by atoms with E-state index in [0.717, 1.165) is 17.0 Å². The molecule has 1 heterocycles. The monoisotopic (exact) mass is 220 g/mol. The summed E-state index contributed by atoms with van der Waals surface area (Å²) in [4.78, 5) is 4.63. The third kappa shape index (κ3) is 1.76. The molecule has 0 spiro atoms. The highest BCUT2D eigenvalue weighted by molar-refractivity contribution is 7.18. The number of hydroxylamine groups is 1. The van der Waals surface area contributed by atoms with E-state index in [0.29, 0.717) is 6.54 Å². The third-order valence-electron chi connectivity index (χ3n) is 2.68. The second kappa shape index (κ2) is 3.56. The molecule has 3 nitrogen and oxygen atoms in total. The molecule has 3 rings (SSSR count). The van der Waals surface area contributed by atoms with Gasteiger partial charge in [0.05, 0.1) is 15.2 Å². The largest absolute Gasteiger partial charge is 0.316 e. The molecule has 0 bridgehead atoms. The summed E-state index contributed by atoms with van der Waals surface area (Å²) in [5.74, 6) is 0.724. The number of thiazole rings is 1.